The van der Waals surface area contributed by atoms with E-state index < -0.39 is 16.4 Å². The van der Waals surface area contributed by atoms with Crippen molar-refractivity contribution in [3.05, 3.63) is 39.7 Å². The Balaban J connectivity index is 2.72. The van der Waals surface area contributed by atoms with E-state index in [1.165, 1.54) is 12.1 Å². The molecule has 0 N–H and O–H groups in total. The molecule has 0 heterocycles. The van der Waals surface area contributed by atoms with Gasteiger partial charge in [0, 0.05) is 26.3 Å². The van der Waals surface area contributed by atoms with Crippen LogP contribution in [-0.4, -0.2) is 36.6 Å². The van der Waals surface area contributed by atoms with Gasteiger partial charge in [-0.3, -0.25) is 15.0 Å². The van der Waals surface area contributed by atoms with Gasteiger partial charge in [0.15, 0.2) is 0 Å². The zero-order chi connectivity index (χ0) is 13.5. The molecule has 0 aliphatic carbocycles. The third-order valence-corrected chi connectivity index (χ3v) is 2.67. The van der Waals surface area contributed by atoms with Crippen molar-refractivity contribution in [2.45, 2.75) is 13.5 Å². The van der Waals surface area contributed by atoms with Crippen LogP contribution in [0.15, 0.2) is 18.2 Å². The molecule has 0 unspecified atom stereocenters. The van der Waals surface area contributed by atoms with Crippen molar-refractivity contribution in [2.75, 3.05) is 26.8 Å². The highest BCUT2D eigenvalue weighted by Gasteiger charge is 2.14. The fourth-order valence-electron chi connectivity index (χ4n) is 1.62. The van der Waals surface area contributed by atoms with E-state index in [1.807, 2.05) is 6.92 Å². The Morgan fingerprint density at radius 3 is 2.72 bits per heavy atom. The number of ether oxygens (including phenoxy) is 1. The maximum absolute atomic E-state index is 13.4. The van der Waals surface area contributed by atoms with Crippen LogP contribution in [-0.2, 0) is 11.3 Å². The van der Waals surface area contributed by atoms with Gasteiger partial charge >= 0.3 is 5.69 Å². The molecule has 18 heavy (non-hydrogen) atoms. The van der Waals surface area contributed by atoms with Crippen LogP contribution in [0.1, 0.15) is 12.5 Å². The minimum Gasteiger partial charge on any atom is -0.383 e. The monoisotopic (exact) mass is 256 g/mol. The predicted octanol–water partition coefficient (Wildman–Crippen LogP) is 2.20. The molecule has 0 radical (unpaired) electrons. The van der Waals surface area contributed by atoms with Gasteiger partial charge in [-0.2, -0.15) is 4.39 Å². The summed E-state index contributed by atoms with van der Waals surface area (Å²) in [4.78, 5) is 11.8. The molecule has 0 amide bonds. The van der Waals surface area contributed by atoms with E-state index >= 15 is 0 Å². The molecule has 1 aromatic carbocycles. The summed E-state index contributed by atoms with van der Waals surface area (Å²) in [5, 5.41) is 10.5. The molecule has 0 saturated heterocycles. The first-order chi connectivity index (χ1) is 8.58. The van der Waals surface area contributed by atoms with Gasteiger partial charge < -0.3 is 4.74 Å². The number of methoxy groups -OCH3 is 1. The number of nitro benzene ring substituents is 1. The van der Waals surface area contributed by atoms with Crippen molar-refractivity contribution in [1.29, 1.82) is 0 Å². The van der Waals surface area contributed by atoms with E-state index in [0.29, 0.717) is 13.2 Å². The topological polar surface area (TPSA) is 55.6 Å². The van der Waals surface area contributed by atoms with Crippen LogP contribution < -0.4 is 0 Å². The molecule has 0 aliphatic rings. The van der Waals surface area contributed by atoms with E-state index in [-0.39, 0.29) is 0 Å². The smallest absolute Gasteiger partial charge is 0.304 e. The van der Waals surface area contributed by atoms with Gasteiger partial charge in [0.05, 0.1) is 11.5 Å². The van der Waals surface area contributed by atoms with Crippen molar-refractivity contribution >= 4 is 5.69 Å². The van der Waals surface area contributed by atoms with Crippen molar-refractivity contribution in [2.24, 2.45) is 0 Å². The lowest BCUT2D eigenvalue weighted by Crippen LogP contribution is -2.26. The Bertz CT molecular complexity index is 412. The Morgan fingerprint density at radius 2 is 2.22 bits per heavy atom. The summed E-state index contributed by atoms with van der Waals surface area (Å²) in [5.41, 5.74) is 0.231. The van der Waals surface area contributed by atoms with Crippen LogP contribution in [0.2, 0.25) is 0 Å². The van der Waals surface area contributed by atoms with Crippen molar-refractivity contribution in [1.82, 2.24) is 4.90 Å². The Labute approximate surface area is 105 Å². The number of hydrogen-bond donors (Lipinski definition) is 0. The highest BCUT2D eigenvalue weighted by molar-refractivity contribution is 5.34. The molecule has 0 atom stereocenters. The molecule has 1 aromatic rings. The number of likely N-dealkylation sites (N-methyl/N-ethyl adjacent to an activating group) is 1. The first-order valence-electron chi connectivity index (χ1n) is 5.72. The molecule has 0 fully saturated rings. The second-order valence-corrected chi connectivity index (χ2v) is 3.90. The number of hydrogen-bond acceptors (Lipinski definition) is 4. The molecular weight excluding hydrogens is 239 g/mol. The summed E-state index contributed by atoms with van der Waals surface area (Å²) in [6, 6.07) is 4.00. The van der Waals surface area contributed by atoms with Gasteiger partial charge in [-0.15, -0.1) is 0 Å². The largest absolute Gasteiger partial charge is 0.383 e. The molecule has 1 rings (SSSR count). The normalized spacial score (nSPS) is 10.9. The minimum atomic E-state index is -0.791. The fraction of sp³-hybridized carbons (Fsp3) is 0.500. The van der Waals surface area contributed by atoms with Crippen LogP contribution >= 0.6 is 0 Å². The van der Waals surface area contributed by atoms with Gasteiger partial charge in [-0.1, -0.05) is 13.0 Å². The van der Waals surface area contributed by atoms with Gasteiger partial charge in [0.2, 0.25) is 5.82 Å². The molecule has 6 heteroatoms. The molecule has 0 aliphatic heterocycles. The quantitative estimate of drug-likeness (QED) is 0.554. The number of benzene rings is 1. The summed E-state index contributed by atoms with van der Waals surface area (Å²) in [6.07, 6.45) is 0. The van der Waals surface area contributed by atoms with E-state index in [1.54, 1.807) is 13.2 Å². The average molecular weight is 256 g/mol. The molecule has 0 aromatic heterocycles. The summed E-state index contributed by atoms with van der Waals surface area (Å²) in [6.45, 7) is 4.70. The molecular formula is C12H17FN2O3. The Hall–Kier alpha value is -1.53. The molecule has 100 valence electrons. The van der Waals surface area contributed by atoms with Crippen LogP contribution in [0.4, 0.5) is 10.1 Å². The van der Waals surface area contributed by atoms with Gasteiger partial charge in [0.25, 0.3) is 0 Å². The molecule has 0 bridgehead atoms. The molecule has 0 spiro atoms. The number of nitrogens with zero attached hydrogens (tertiary/aromatic N) is 2. The van der Waals surface area contributed by atoms with Crippen molar-refractivity contribution < 1.29 is 14.1 Å². The lowest BCUT2D eigenvalue weighted by atomic mass is 10.2. The highest BCUT2D eigenvalue weighted by Crippen LogP contribution is 2.18. The van der Waals surface area contributed by atoms with Gasteiger partial charge in [-0.05, 0) is 18.2 Å². The first kappa shape index (κ1) is 14.5. The second kappa shape index (κ2) is 7.03. The second-order valence-electron chi connectivity index (χ2n) is 3.90. The van der Waals surface area contributed by atoms with Gasteiger partial charge in [-0.25, -0.2) is 0 Å². The van der Waals surface area contributed by atoms with E-state index in [0.717, 1.165) is 18.7 Å². The highest BCUT2D eigenvalue weighted by atomic mass is 19.1. The molecule has 0 saturated carbocycles. The fourth-order valence-corrected chi connectivity index (χ4v) is 1.62. The van der Waals surface area contributed by atoms with Crippen molar-refractivity contribution in [3.8, 4) is 0 Å². The van der Waals surface area contributed by atoms with E-state index in [9.17, 15) is 14.5 Å². The van der Waals surface area contributed by atoms with Gasteiger partial charge in [0.1, 0.15) is 0 Å². The third kappa shape index (κ3) is 4.05. The van der Waals surface area contributed by atoms with Crippen molar-refractivity contribution in [3.63, 3.8) is 0 Å². The minimum absolute atomic E-state index is 0.487. The third-order valence-electron chi connectivity index (χ3n) is 2.67. The van der Waals surface area contributed by atoms with Crippen LogP contribution in [0.25, 0.3) is 0 Å². The van der Waals surface area contributed by atoms with E-state index in [4.69, 9.17) is 4.74 Å². The summed E-state index contributed by atoms with van der Waals surface area (Å²) in [5.74, 6) is -0.791. The lowest BCUT2D eigenvalue weighted by molar-refractivity contribution is -0.387. The SMILES string of the molecule is CCN(CCOC)Cc1ccc([N+](=O)[O-])c(F)c1. The first-order valence-corrected chi connectivity index (χ1v) is 5.72. The zero-order valence-corrected chi connectivity index (χ0v) is 10.6. The standard InChI is InChI=1S/C12H17FN2O3/c1-3-14(6-7-18-2)9-10-4-5-12(15(16)17)11(13)8-10/h4-5,8H,3,6-7,9H2,1-2H3. The average Bonchev–Trinajstić information content (AvgIpc) is 2.34. The maximum atomic E-state index is 13.4. The van der Waals surface area contributed by atoms with Crippen LogP contribution in [0.5, 0.6) is 0 Å². The summed E-state index contributed by atoms with van der Waals surface area (Å²) < 4.78 is 18.4. The predicted molar refractivity (Wildman–Crippen MR) is 65.9 cm³/mol. The van der Waals surface area contributed by atoms with Crippen LogP contribution in [0.3, 0.4) is 0 Å². The zero-order valence-electron chi connectivity index (χ0n) is 10.6. The number of nitro groups is 1. The number of rotatable bonds is 7. The maximum Gasteiger partial charge on any atom is 0.304 e. The number of halogens is 1. The summed E-state index contributed by atoms with van der Waals surface area (Å²) >= 11 is 0. The Kier molecular flexibility index (Phi) is 5.67. The lowest BCUT2D eigenvalue weighted by Gasteiger charge is -2.19. The molecule has 5 nitrogen and oxygen atoms in total. The van der Waals surface area contributed by atoms with Crippen LogP contribution in [0, 0.1) is 15.9 Å². The summed E-state index contributed by atoms with van der Waals surface area (Å²) in [7, 11) is 1.62. The Morgan fingerprint density at radius 1 is 1.50 bits per heavy atom. The van der Waals surface area contributed by atoms with E-state index in [2.05, 4.69) is 4.90 Å².